The van der Waals surface area contributed by atoms with Crippen molar-refractivity contribution in [1.82, 2.24) is 19.5 Å². The van der Waals surface area contributed by atoms with Crippen LogP contribution in [0.5, 0.6) is 0 Å². The van der Waals surface area contributed by atoms with E-state index in [2.05, 4.69) is 15.0 Å². The van der Waals surface area contributed by atoms with Gasteiger partial charge < -0.3 is 15.0 Å². The highest BCUT2D eigenvalue weighted by Crippen LogP contribution is 2.35. The van der Waals surface area contributed by atoms with Crippen molar-refractivity contribution in [3.8, 4) is 0 Å². The molecule has 21 heavy (non-hydrogen) atoms. The SMILES string of the molecule is C[C@H]1C[C@H](n2cnc3c(N)ncnc32)O[C@@H]1CO[PH](N)=O. The first-order valence-electron chi connectivity index (χ1n) is 6.57. The summed E-state index contributed by atoms with van der Waals surface area (Å²) >= 11 is 0. The molecule has 2 aromatic heterocycles. The lowest BCUT2D eigenvalue weighted by Crippen LogP contribution is -2.20. The van der Waals surface area contributed by atoms with Crippen LogP contribution < -0.4 is 11.2 Å². The Hall–Kier alpha value is -1.54. The summed E-state index contributed by atoms with van der Waals surface area (Å²) in [5.41, 5.74) is 12.1. The number of nitrogens with two attached hydrogens (primary N) is 2. The molecule has 0 spiro atoms. The second kappa shape index (κ2) is 5.69. The molecular weight excluding hydrogens is 295 g/mol. The molecule has 114 valence electrons. The first kappa shape index (κ1) is 14.4. The minimum Gasteiger partial charge on any atom is -0.382 e. The molecule has 1 fully saturated rings. The van der Waals surface area contributed by atoms with Crippen molar-refractivity contribution in [3.63, 3.8) is 0 Å². The number of nitrogens with zero attached hydrogens (tertiary/aromatic N) is 4. The number of ether oxygens (including phenoxy) is 1. The van der Waals surface area contributed by atoms with E-state index in [1.54, 1.807) is 6.33 Å². The van der Waals surface area contributed by atoms with Gasteiger partial charge in [-0.05, 0) is 12.3 Å². The molecule has 2 aromatic rings. The Morgan fingerprint density at radius 3 is 3.10 bits per heavy atom. The van der Waals surface area contributed by atoms with Crippen LogP contribution in [0, 0.1) is 5.92 Å². The zero-order valence-corrected chi connectivity index (χ0v) is 12.5. The molecule has 0 saturated carbocycles. The normalized spacial score (nSPS) is 27.2. The van der Waals surface area contributed by atoms with Crippen LogP contribution in [0.4, 0.5) is 5.82 Å². The van der Waals surface area contributed by atoms with E-state index in [0.717, 1.165) is 6.42 Å². The van der Waals surface area contributed by atoms with Gasteiger partial charge in [0.05, 0.1) is 19.0 Å². The van der Waals surface area contributed by atoms with Gasteiger partial charge in [0.1, 0.15) is 18.1 Å². The van der Waals surface area contributed by atoms with Gasteiger partial charge in [0.2, 0.25) is 0 Å². The second-order valence-corrected chi connectivity index (χ2v) is 5.98. The van der Waals surface area contributed by atoms with E-state index in [9.17, 15) is 4.57 Å². The van der Waals surface area contributed by atoms with E-state index in [0.29, 0.717) is 17.0 Å². The highest BCUT2D eigenvalue weighted by atomic mass is 31.1. The molecule has 9 nitrogen and oxygen atoms in total. The summed E-state index contributed by atoms with van der Waals surface area (Å²) in [5.74, 6) is 0.583. The number of nitrogen functional groups attached to an aromatic ring is 1. The number of aromatic nitrogens is 4. The van der Waals surface area contributed by atoms with Crippen LogP contribution in [0.3, 0.4) is 0 Å². The molecule has 0 aromatic carbocycles. The smallest absolute Gasteiger partial charge is 0.255 e. The standard InChI is InChI=1S/C11H17N6O3P/c1-6-2-8(20-7(6)3-19-21(13)18)17-5-16-9-10(12)14-4-15-11(9)17/h4-8,21H,2-3H2,1H3,(H2,13,18)(H2,12,14,15)/t6-,7+,8+/m0/s1. The fourth-order valence-electron chi connectivity index (χ4n) is 2.49. The molecule has 1 aliphatic rings. The Kier molecular flexibility index (Phi) is 3.90. The largest absolute Gasteiger partial charge is 0.382 e. The molecule has 4 atom stereocenters. The molecule has 1 saturated heterocycles. The van der Waals surface area contributed by atoms with Crippen molar-refractivity contribution in [2.75, 3.05) is 12.3 Å². The summed E-state index contributed by atoms with van der Waals surface area (Å²) in [6.07, 6.45) is 3.43. The van der Waals surface area contributed by atoms with Crippen molar-refractivity contribution >= 4 is 25.2 Å². The summed E-state index contributed by atoms with van der Waals surface area (Å²) in [6.45, 7) is 2.26. The summed E-state index contributed by atoms with van der Waals surface area (Å²) in [5, 5.41) is 0. The number of hydrogen-bond donors (Lipinski definition) is 2. The molecule has 0 aliphatic carbocycles. The Morgan fingerprint density at radius 2 is 2.33 bits per heavy atom. The maximum atomic E-state index is 10.9. The number of rotatable bonds is 4. The van der Waals surface area contributed by atoms with Crippen LogP contribution in [-0.2, 0) is 13.8 Å². The van der Waals surface area contributed by atoms with Gasteiger partial charge in [-0.25, -0.2) is 15.0 Å². The quantitative estimate of drug-likeness (QED) is 0.788. The predicted molar refractivity (Wildman–Crippen MR) is 76.6 cm³/mol. The van der Waals surface area contributed by atoms with Gasteiger partial charge in [0, 0.05) is 0 Å². The topological polar surface area (TPSA) is 131 Å². The number of imidazole rings is 1. The molecular formula is C11H17N6O3P. The Balaban J connectivity index is 1.81. The van der Waals surface area contributed by atoms with E-state index >= 15 is 0 Å². The average Bonchev–Trinajstić information content (AvgIpc) is 3.01. The number of fused-ring (bicyclic) bond motifs is 1. The van der Waals surface area contributed by atoms with Crippen molar-refractivity contribution < 1.29 is 13.8 Å². The van der Waals surface area contributed by atoms with Crippen LogP contribution in [0.25, 0.3) is 11.2 Å². The van der Waals surface area contributed by atoms with E-state index in [1.807, 2.05) is 11.5 Å². The van der Waals surface area contributed by atoms with E-state index in [4.69, 9.17) is 20.5 Å². The second-order valence-electron chi connectivity index (χ2n) is 5.06. The van der Waals surface area contributed by atoms with Gasteiger partial charge in [-0.15, -0.1) is 0 Å². The Bertz CT molecular complexity index is 677. The van der Waals surface area contributed by atoms with Gasteiger partial charge in [0.15, 0.2) is 11.5 Å². The number of hydrogen-bond acceptors (Lipinski definition) is 7. The molecule has 1 aliphatic heterocycles. The molecule has 4 N–H and O–H groups in total. The lowest BCUT2D eigenvalue weighted by Gasteiger charge is -2.15. The summed E-state index contributed by atoms with van der Waals surface area (Å²) in [7, 11) is -2.44. The van der Waals surface area contributed by atoms with Gasteiger partial charge >= 0.3 is 0 Å². The van der Waals surface area contributed by atoms with E-state index in [-0.39, 0.29) is 24.9 Å². The third-order valence-corrected chi connectivity index (χ3v) is 4.08. The van der Waals surface area contributed by atoms with Crippen LogP contribution in [0.1, 0.15) is 19.6 Å². The minimum absolute atomic E-state index is 0.163. The lowest BCUT2D eigenvalue weighted by molar-refractivity contribution is -0.0214. The highest BCUT2D eigenvalue weighted by molar-refractivity contribution is 7.36. The zero-order valence-electron chi connectivity index (χ0n) is 11.5. The van der Waals surface area contributed by atoms with E-state index < -0.39 is 8.18 Å². The van der Waals surface area contributed by atoms with Gasteiger partial charge in [0.25, 0.3) is 8.18 Å². The van der Waals surface area contributed by atoms with Crippen LogP contribution in [0.15, 0.2) is 12.7 Å². The third-order valence-electron chi connectivity index (χ3n) is 3.63. The minimum atomic E-state index is -2.44. The molecule has 1 unspecified atom stereocenters. The molecule has 0 bridgehead atoms. The van der Waals surface area contributed by atoms with Crippen LogP contribution in [0.2, 0.25) is 0 Å². The molecule has 3 heterocycles. The number of anilines is 1. The van der Waals surface area contributed by atoms with Crippen molar-refractivity contribution in [2.45, 2.75) is 25.7 Å². The average molecular weight is 312 g/mol. The van der Waals surface area contributed by atoms with Gasteiger partial charge in [-0.1, -0.05) is 6.92 Å². The molecule has 0 amide bonds. The molecule has 0 radical (unpaired) electrons. The van der Waals surface area contributed by atoms with Crippen molar-refractivity contribution in [2.24, 2.45) is 11.4 Å². The first-order chi connectivity index (χ1) is 10.1. The Labute approximate surface area is 121 Å². The third kappa shape index (κ3) is 2.77. The van der Waals surface area contributed by atoms with E-state index in [1.165, 1.54) is 6.33 Å². The maximum Gasteiger partial charge on any atom is 0.255 e. The van der Waals surface area contributed by atoms with Crippen LogP contribution in [-0.4, -0.2) is 32.2 Å². The summed E-state index contributed by atoms with van der Waals surface area (Å²) in [4.78, 5) is 12.3. The fourth-order valence-corrected chi connectivity index (χ4v) is 2.82. The van der Waals surface area contributed by atoms with Gasteiger partial charge in [-0.3, -0.25) is 14.6 Å². The first-order valence-corrected chi connectivity index (χ1v) is 7.96. The van der Waals surface area contributed by atoms with Crippen molar-refractivity contribution in [3.05, 3.63) is 12.7 Å². The zero-order chi connectivity index (χ0) is 15.0. The maximum absolute atomic E-state index is 10.9. The summed E-state index contributed by atoms with van der Waals surface area (Å²) < 4.78 is 23.6. The predicted octanol–water partition coefficient (Wildman–Crippen LogP) is 0.697. The molecule has 10 heteroatoms. The van der Waals surface area contributed by atoms with Crippen molar-refractivity contribution in [1.29, 1.82) is 0 Å². The lowest BCUT2D eigenvalue weighted by atomic mass is 10.0. The molecule has 3 rings (SSSR count). The van der Waals surface area contributed by atoms with Crippen LogP contribution >= 0.6 is 8.18 Å². The monoisotopic (exact) mass is 312 g/mol. The fraction of sp³-hybridized carbons (Fsp3) is 0.545. The Morgan fingerprint density at radius 1 is 1.52 bits per heavy atom. The highest BCUT2D eigenvalue weighted by Gasteiger charge is 2.34. The summed E-state index contributed by atoms with van der Waals surface area (Å²) in [6, 6.07) is 0. The van der Waals surface area contributed by atoms with Gasteiger partial charge in [-0.2, -0.15) is 0 Å².